The number of rotatable bonds is 7. The molecule has 14 heteroatoms. The topological polar surface area (TPSA) is 128 Å². The predicted molar refractivity (Wildman–Crippen MR) is 156 cm³/mol. The molecule has 4 aromatic rings. The maximum Gasteiger partial charge on any atom is 0.416 e. The highest BCUT2D eigenvalue weighted by Gasteiger charge is 2.33. The zero-order chi connectivity index (χ0) is 30.8. The summed E-state index contributed by atoms with van der Waals surface area (Å²) in [6.45, 7) is 3.16. The molecule has 6 rings (SSSR count). The van der Waals surface area contributed by atoms with Gasteiger partial charge in [-0.3, -0.25) is 14.7 Å². The molecule has 0 saturated carbocycles. The maximum absolute atomic E-state index is 13.1. The number of fused-ring (bicyclic) bond motifs is 1. The minimum absolute atomic E-state index is 0.0221. The number of hydrogen-bond donors (Lipinski definition) is 3. The number of piperidine rings is 1. The highest BCUT2D eigenvalue weighted by atomic mass is 19.4. The number of amides is 2. The van der Waals surface area contributed by atoms with E-state index in [4.69, 9.17) is 4.74 Å². The molecule has 230 valence electrons. The van der Waals surface area contributed by atoms with Crippen molar-refractivity contribution in [2.24, 2.45) is 5.92 Å². The van der Waals surface area contributed by atoms with Crippen LogP contribution in [0.1, 0.15) is 35.2 Å². The summed E-state index contributed by atoms with van der Waals surface area (Å²) < 4.78 is 45.1. The maximum atomic E-state index is 13.1. The first-order chi connectivity index (χ1) is 21.1. The van der Waals surface area contributed by atoms with Crippen molar-refractivity contribution in [3.8, 4) is 11.5 Å². The van der Waals surface area contributed by atoms with Gasteiger partial charge in [0.05, 0.1) is 5.56 Å². The molecule has 3 N–H and O–H groups in total. The van der Waals surface area contributed by atoms with E-state index in [-0.39, 0.29) is 29.2 Å². The van der Waals surface area contributed by atoms with Gasteiger partial charge >= 0.3 is 6.18 Å². The standard InChI is InChI=1S/C30H31F3N8O3/c1-40-13-8-19(9-14-40)29(43)41-15-10-21(17-41)36-27-25-23(7-12-35-26(25)38-39-27)44-22-4-2-18(3-5-22)28(42)37-24-16-20(6-11-34-24)30(31,32)33/h2-7,11-12,16,19,21H,8-10,13-15,17H2,1H3,(H,34,37,42)(H2,35,36,38,39)/t21-/m1/s1. The number of alkyl halides is 3. The number of hydrogen-bond acceptors (Lipinski definition) is 8. The van der Waals surface area contributed by atoms with Gasteiger partial charge in [-0.05, 0) is 75.8 Å². The fraction of sp³-hybridized carbons (Fsp3) is 0.367. The Kier molecular flexibility index (Phi) is 8.08. The number of ether oxygens (including phenoxy) is 1. The van der Waals surface area contributed by atoms with Gasteiger partial charge in [0.2, 0.25) is 5.91 Å². The molecule has 1 atom stereocenters. The number of nitrogens with zero attached hydrogens (tertiary/aromatic N) is 5. The van der Waals surface area contributed by atoms with Crippen LogP contribution in [0.15, 0.2) is 54.9 Å². The highest BCUT2D eigenvalue weighted by molar-refractivity contribution is 6.03. The predicted octanol–water partition coefficient (Wildman–Crippen LogP) is 4.77. The van der Waals surface area contributed by atoms with Crippen LogP contribution in [0.3, 0.4) is 0 Å². The second-order valence-corrected chi connectivity index (χ2v) is 11.1. The first-order valence-corrected chi connectivity index (χ1v) is 14.3. The molecule has 5 heterocycles. The van der Waals surface area contributed by atoms with E-state index >= 15 is 0 Å². The number of nitrogens with one attached hydrogen (secondary N) is 3. The summed E-state index contributed by atoms with van der Waals surface area (Å²) in [7, 11) is 2.08. The second kappa shape index (κ2) is 12.1. The molecule has 0 aliphatic carbocycles. The normalized spacial score (nSPS) is 18.0. The number of likely N-dealkylation sites (tertiary alicyclic amines) is 2. The van der Waals surface area contributed by atoms with E-state index in [1.807, 2.05) is 4.90 Å². The van der Waals surface area contributed by atoms with Crippen molar-refractivity contribution in [1.82, 2.24) is 30.0 Å². The SMILES string of the molecule is CN1CCC(C(=O)N2CC[C@@H](Nc3n[nH]c4nccc(Oc5ccc(C(=O)Nc6cc(C(F)(F)F)ccn6)cc5)c34)C2)CC1. The molecule has 2 saturated heterocycles. The van der Waals surface area contributed by atoms with Gasteiger partial charge in [0.25, 0.3) is 5.91 Å². The summed E-state index contributed by atoms with van der Waals surface area (Å²) in [5, 5.41) is 13.8. The summed E-state index contributed by atoms with van der Waals surface area (Å²) in [5.74, 6) is 0.948. The zero-order valence-electron chi connectivity index (χ0n) is 23.9. The highest BCUT2D eigenvalue weighted by Crippen LogP contribution is 2.34. The van der Waals surface area contributed by atoms with Crippen LogP contribution < -0.4 is 15.4 Å². The molecule has 0 unspecified atom stereocenters. The van der Waals surface area contributed by atoms with E-state index in [1.54, 1.807) is 24.4 Å². The third-order valence-corrected chi connectivity index (χ3v) is 8.00. The lowest BCUT2D eigenvalue weighted by Crippen LogP contribution is -2.41. The van der Waals surface area contributed by atoms with Crippen LogP contribution in [0.2, 0.25) is 0 Å². The molecule has 0 bridgehead atoms. The van der Waals surface area contributed by atoms with Crippen LogP contribution in [0.4, 0.5) is 24.8 Å². The van der Waals surface area contributed by atoms with Gasteiger partial charge in [0, 0.05) is 49.1 Å². The smallest absolute Gasteiger partial charge is 0.416 e. The van der Waals surface area contributed by atoms with Gasteiger partial charge in [0.15, 0.2) is 11.5 Å². The van der Waals surface area contributed by atoms with Crippen LogP contribution in [-0.2, 0) is 11.0 Å². The lowest BCUT2D eigenvalue weighted by atomic mass is 9.96. The Morgan fingerprint density at radius 3 is 2.50 bits per heavy atom. The fourth-order valence-electron chi connectivity index (χ4n) is 5.56. The summed E-state index contributed by atoms with van der Waals surface area (Å²) in [4.78, 5) is 38.1. The monoisotopic (exact) mass is 608 g/mol. The van der Waals surface area contributed by atoms with E-state index in [0.717, 1.165) is 50.7 Å². The van der Waals surface area contributed by atoms with Crippen LogP contribution in [0, 0.1) is 5.92 Å². The largest absolute Gasteiger partial charge is 0.456 e. The number of aromatic nitrogens is 4. The van der Waals surface area contributed by atoms with Crippen molar-refractivity contribution in [3.63, 3.8) is 0 Å². The number of H-pyrrole nitrogens is 1. The van der Waals surface area contributed by atoms with Gasteiger partial charge in [-0.1, -0.05) is 0 Å². The molecule has 0 spiro atoms. The molecular weight excluding hydrogens is 577 g/mol. The third-order valence-electron chi connectivity index (χ3n) is 8.00. The van der Waals surface area contributed by atoms with E-state index in [9.17, 15) is 22.8 Å². The van der Waals surface area contributed by atoms with Gasteiger partial charge in [0.1, 0.15) is 22.7 Å². The Hall–Kier alpha value is -4.72. The fourth-order valence-corrected chi connectivity index (χ4v) is 5.56. The molecule has 0 radical (unpaired) electrons. The van der Waals surface area contributed by atoms with Crippen molar-refractivity contribution in [1.29, 1.82) is 0 Å². The number of benzene rings is 1. The first-order valence-electron chi connectivity index (χ1n) is 14.3. The molecule has 44 heavy (non-hydrogen) atoms. The van der Waals surface area contributed by atoms with Crippen LogP contribution in [-0.4, -0.2) is 81.0 Å². The number of carbonyl (C=O) groups is 2. The van der Waals surface area contributed by atoms with Crippen molar-refractivity contribution in [2.45, 2.75) is 31.5 Å². The van der Waals surface area contributed by atoms with Crippen LogP contribution >= 0.6 is 0 Å². The Morgan fingerprint density at radius 1 is 1.00 bits per heavy atom. The number of halogens is 3. The Labute approximate surface area is 250 Å². The zero-order valence-corrected chi connectivity index (χ0v) is 23.9. The molecule has 2 aliphatic heterocycles. The number of carbonyl (C=O) groups excluding carboxylic acids is 2. The van der Waals surface area contributed by atoms with Gasteiger partial charge in [-0.25, -0.2) is 9.97 Å². The van der Waals surface area contributed by atoms with Gasteiger partial charge in [-0.2, -0.15) is 18.3 Å². The third kappa shape index (κ3) is 6.44. The molecule has 11 nitrogen and oxygen atoms in total. The van der Waals surface area contributed by atoms with Crippen molar-refractivity contribution >= 4 is 34.5 Å². The van der Waals surface area contributed by atoms with Gasteiger partial charge in [-0.15, -0.1) is 0 Å². The average Bonchev–Trinajstić information content (AvgIpc) is 3.65. The lowest BCUT2D eigenvalue weighted by Gasteiger charge is -2.30. The number of pyridine rings is 2. The molecule has 2 fully saturated rings. The van der Waals surface area contributed by atoms with E-state index < -0.39 is 17.6 Å². The summed E-state index contributed by atoms with van der Waals surface area (Å²) >= 11 is 0. The summed E-state index contributed by atoms with van der Waals surface area (Å²) in [6, 6.07) is 9.49. The number of aromatic amines is 1. The van der Waals surface area contributed by atoms with Crippen LogP contribution in [0.5, 0.6) is 11.5 Å². The molecule has 2 amide bonds. The van der Waals surface area contributed by atoms with E-state index in [1.165, 1.54) is 12.1 Å². The molecular formula is C30H31F3N8O3. The second-order valence-electron chi connectivity index (χ2n) is 11.1. The first kappa shape index (κ1) is 29.4. The van der Waals surface area contributed by atoms with Crippen molar-refractivity contribution in [3.05, 3.63) is 66.0 Å². The minimum atomic E-state index is -4.55. The quantitative estimate of drug-likeness (QED) is 0.274. The molecule has 1 aromatic carbocycles. The molecule has 3 aromatic heterocycles. The minimum Gasteiger partial charge on any atom is -0.456 e. The van der Waals surface area contributed by atoms with E-state index in [0.29, 0.717) is 41.4 Å². The van der Waals surface area contributed by atoms with E-state index in [2.05, 4.69) is 42.7 Å². The lowest BCUT2D eigenvalue weighted by molar-refractivity contribution is -0.137. The van der Waals surface area contributed by atoms with Crippen LogP contribution in [0.25, 0.3) is 11.0 Å². The van der Waals surface area contributed by atoms with Gasteiger partial charge < -0.3 is 25.2 Å². The Morgan fingerprint density at radius 2 is 1.75 bits per heavy atom. The summed E-state index contributed by atoms with van der Waals surface area (Å²) in [5.41, 5.74) is -0.177. The summed E-state index contributed by atoms with van der Waals surface area (Å²) in [6.07, 6.45) is 0.594. The average molecular weight is 609 g/mol. The number of anilines is 2. The van der Waals surface area contributed by atoms with Crippen molar-refractivity contribution in [2.75, 3.05) is 43.9 Å². The Bertz CT molecular complexity index is 1650. The van der Waals surface area contributed by atoms with Crippen molar-refractivity contribution < 1.29 is 27.5 Å². The molecule has 2 aliphatic rings. The Balaban J connectivity index is 1.11.